The molecule has 1 saturated carbocycles. The maximum absolute atomic E-state index is 13.1. The van der Waals surface area contributed by atoms with Crippen LogP contribution in [0, 0.1) is 17.7 Å². The summed E-state index contributed by atoms with van der Waals surface area (Å²) in [7, 11) is 1.66. The normalized spacial score (nSPS) is 20.1. The molecule has 0 heterocycles. The zero-order valence-corrected chi connectivity index (χ0v) is 15.3. The second-order valence-corrected chi connectivity index (χ2v) is 7.11. The monoisotopic (exact) mass is 348 g/mol. The molecule has 1 aromatic carbocycles. The van der Waals surface area contributed by atoms with Crippen molar-refractivity contribution in [3.63, 3.8) is 0 Å². The molecule has 0 aliphatic heterocycles. The van der Waals surface area contributed by atoms with E-state index >= 15 is 0 Å². The highest BCUT2D eigenvalue weighted by atomic mass is 19.1. The van der Waals surface area contributed by atoms with Gasteiger partial charge in [0.25, 0.3) is 0 Å². The molecular weight excluding hydrogens is 319 g/mol. The van der Waals surface area contributed by atoms with Crippen LogP contribution in [0.4, 0.5) is 10.1 Å². The smallest absolute Gasteiger partial charge is 0.243 e. The van der Waals surface area contributed by atoms with E-state index in [4.69, 9.17) is 0 Å². The van der Waals surface area contributed by atoms with Gasteiger partial charge in [0, 0.05) is 18.7 Å². The fraction of sp³-hybridized carbons (Fsp3) is 0.600. The average molecular weight is 348 g/mol. The van der Waals surface area contributed by atoms with E-state index in [0.717, 1.165) is 31.6 Å². The van der Waals surface area contributed by atoms with E-state index in [9.17, 15) is 14.0 Å². The van der Waals surface area contributed by atoms with Gasteiger partial charge in [0.05, 0.1) is 6.54 Å². The van der Waals surface area contributed by atoms with E-state index in [1.54, 1.807) is 13.1 Å². The minimum Gasteiger partial charge on any atom is -0.336 e. The molecule has 0 bridgehead atoms. The van der Waals surface area contributed by atoms with Gasteiger partial charge in [-0.3, -0.25) is 9.59 Å². The summed E-state index contributed by atoms with van der Waals surface area (Å²) in [6.45, 7) is 2.20. The molecule has 1 aromatic rings. The molecule has 0 radical (unpaired) electrons. The third-order valence-electron chi connectivity index (χ3n) is 5.03. The second kappa shape index (κ2) is 9.54. The van der Waals surface area contributed by atoms with E-state index in [1.165, 1.54) is 42.4 Å². The molecule has 1 N–H and O–H groups in total. The maximum Gasteiger partial charge on any atom is 0.243 e. The van der Waals surface area contributed by atoms with E-state index < -0.39 is 5.82 Å². The second-order valence-electron chi connectivity index (χ2n) is 7.11. The minimum atomic E-state index is -0.401. The van der Waals surface area contributed by atoms with Crippen LogP contribution in [0.25, 0.3) is 0 Å². The average Bonchev–Trinajstić information content (AvgIpc) is 2.59. The Balaban J connectivity index is 1.77. The summed E-state index contributed by atoms with van der Waals surface area (Å²) < 4.78 is 13.1. The molecule has 5 heteroatoms. The van der Waals surface area contributed by atoms with Gasteiger partial charge in [-0.25, -0.2) is 4.39 Å². The molecule has 4 nitrogen and oxygen atoms in total. The Morgan fingerprint density at radius 3 is 2.60 bits per heavy atom. The molecule has 0 saturated heterocycles. The zero-order chi connectivity index (χ0) is 18.2. The number of benzene rings is 1. The van der Waals surface area contributed by atoms with E-state index in [0.29, 0.717) is 5.69 Å². The number of hydrogen-bond acceptors (Lipinski definition) is 2. The molecule has 25 heavy (non-hydrogen) atoms. The van der Waals surface area contributed by atoms with Gasteiger partial charge in [-0.2, -0.15) is 0 Å². The van der Waals surface area contributed by atoms with Gasteiger partial charge in [-0.15, -0.1) is 0 Å². The standard InChI is InChI=1S/C20H29FN2O2/c1-3-4-6-15-9-11-16(12-10-15)20(25)23(2)14-19(24)22-18-8-5-7-17(21)13-18/h5,7-8,13,15-16H,3-4,6,9-12,14H2,1-2H3,(H,22,24). The Labute approximate surface area is 149 Å². The van der Waals surface area contributed by atoms with Crippen LogP contribution in [0.5, 0.6) is 0 Å². The largest absolute Gasteiger partial charge is 0.336 e. The first-order valence-corrected chi connectivity index (χ1v) is 9.30. The summed E-state index contributed by atoms with van der Waals surface area (Å²) in [4.78, 5) is 26.1. The summed E-state index contributed by atoms with van der Waals surface area (Å²) >= 11 is 0. The van der Waals surface area contributed by atoms with Gasteiger partial charge < -0.3 is 10.2 Å². The van der Waals surface area contributed by atoms with Crippen LogP contribution in [0.1, 0.15) is 51.9 Å². The van der Waals surface area contributed by atoms with Gasteiger partial charge in [0.2, 0.25) is 11.8 Å². The Hall–Kier alpha value is -1.91. The highest BCUT2D eigenvalue weighted by Gasteiger charge is 2.28. The number of nitrogens with zero attached hydrogens (tertiary/aromatic N) is 1. The molecule has 0 spiro atoms. The first-order valence-electron chi connectivity index (χ1n) is 9.30. The number of likely N-dealkylation sites (N-methyl/N-ethyl adjacent to an activating group) is 1. The highest BCUT2D eigenvalue weighted by Crippen LogP contribution is 2.32. The molecule has 1 aliphatic rings. The van der Waals surface area contributed by atoms with E-state index in [2.05, 4.69) is 12.2 Å². The van der Waals surface area contributed by atoms with Crippen LogP contribution in [-0.4, -0.2) is 30.3 Å². The zero-order valence-electron chi connectivity index (χ0n) is 15.3. The Morgan fingerprint density at radius 1 is 1.24 bits per heavy atom. The molecule has 1 fully saturated rings. The van der Waals surface area contributed by atoms with Crippen molar-refractivity contribution < 1.29 is 14.0 Å². The summed E-state index contributed by atoms with van der Waals surface area (Å²) in [5.41, 5.74) is 0.405. The van der Waals surface area contributed by atoms with Crippen LogP contribution >= 0.6 is 0 Å². The Kier molecular flexibility index (Phi) is 7.41. The third kappa shape index (κ3) is 6.15. The maximum atomic E-state index is 13.1. The van der Waals surface area contributed by atoms with Gasteiger partial charge in [-0.1, -0.05) is 32.3 Å². The number of halogens is 1. The lowest BCUT2D eigenvalue weighted by Crippen LogP contribution is -2.39. The quantitative estimate of drug-likeness (QED) is 0.802. The number of anilines is 1. The first-order chi connectivity index (χ1) is 12.0. The SMILES string of the molecule is CCCCC1CCC(C(=O)N(C)CC(=O)Nc2cccc(F)c2)CC1. The molecule has 2 rings (SSSR count). The van der Waals surface area contributed by atoms with Crippen molar-refractivity contribution in [2.45, 2.75) is 51.9 Å². The lowest BCUT2D eigenvalue weighted by molar-refractivity contribution is -0.138. The van der Waals surface area contributed by atoms with Crippen molar-refractivity contribution in [2.24, 2.45) is 11.8 Å². The number of unbranched alkanes of at least 4 members (excludes halogenated alkanes) is 1. The molecule has 0 atom stereocenters. The summed E-state index contributed by atoms with van der Waals surface area (Å²) in [6, 6.07) is 5.75. The van der Waals surface area contributed by atoms with Gasteiger partial charge in [-0.05, 0) is 49.8 Å². The molecule has 138 valence electrons. The predicted molar refractivity (Wildman–Crippen MR) is 97.6 cm³/mol. The Morgan fingerprint density at radius 2 is 1.96 bits per heavy atom. The molecule has 1 aliphatic carbocycles. The predicted octanol–water partition coefficient (Wildman–Crippen LogP) is 4.22. The number of carbonyl (C=O) groups excluding carboxylic acids is 2. The lowest BCUT2D eigenvalue weighted by Gasteiger charge is -2.30. The number of nitrogens with one attached hydrogen (secondary N) is 1. The van der Waals surface area contributed by atoms with Crippen LogP contribution < -0.4 is 5.32 Å². The minimum absolute atomic E-state index is 0.00882. The summed E-state index contributed by atoms with van der Waals surface area (Å²) in [6.07, 6.45) is 7.82. The number of amides is 2. The Bertz CT molecular complexity index is 583. The molecule has 0 aromatic heterocycles. The van der Waals surface area contributed by atoms with Crippen LogP contribution in [0.2, 0.25) is 0 Å². The van der Waals surface area contributed by atoms with Gasteiger partial charge in [0.1, 0.15) is 5.82 Å². The first kappa shape index (κ1) is 19.4. The number of rotatable bonds is 7. The van der Waals surface area contributed by atoms with Crippen molar-refractivity contribution >= 4 is 17.5 Å². The summed E-state index contributed by atoms with van der Waals surface area (Å²) in [5, 5.41) is 2.63. The summed E-state index contributed by atoms with van der Waals surface area (Å²) in [5.74, 6) is 0.124. The third-order valence-corrected chi connectivity index (χ3v) is 5.03. The van der Waals surface area contributed by atoms with Crippen LogP contribution in [0.15, 0.2) is 24.3 Å². The van der Waals surface area contributed by atoms with Crippen molar-refractivity contribution in [1.29, 1.82) is 0 Å². The number of carbonyl (C=O) groups is 2. The van der Waals surface area contributed by atoms with Crippen molar-refractivity contribution in [3.05, 3.63) is 30.1 Å². The number of hydrogen-bond donors (Lipinski definition) is 1. The fourth-order valence-corrected chi connectivity index (χ4v) is 3.56. The lowest BCUT2D eigenvalue weighted by atomic mass is 9.79. The molecule has 2 amide bonds. The van der Waals surface area contributed by atoms with Crippen LogP contribution in [0.3, 0.4) is 0 Å². The molecular formula is C20H29FN2O2. The van der Waals surface area contributed by atoms with Gasteiger partial charge in [0.15, 0.2) is 0 Å². The van der Waals surface area contributed by atoms with Crippen LogP contribution in [-0.2, 0) is 9.59 Å². The van der Waals surface area contributed by atoms with Crippen molar-refractivity contribution in [1.82, 2.24) is 4.90 Å². The molecule has 0 unspecified atom stereocenters. The fourth-order valence-electron chi connectivity index (χ4n) is 3.56. The van der Waals surface area contributed by atoms with Crippen molar-refractivity contribution in [2.75, 3.05) is 18.9 Å². The highest BCUT2D eigenvalue weighted by molar-refractivity contribution is 5.94. The van der Waals surface area contributed by atoms with E-state index in [-0.39, 0.29) is 24.3 Å². The van der Waals surface area contributed by atoms with Crippen molar-refractivity contribution in [3.8, 4) is 0 Å². The van der Waals surface area contributed by atoms with E-state index in [1.807, 2.05) is 0 Å². The van der Waals surface area contributed by atoms with Gasteiger partial charge >= 0.3 is 0 Å². The topological polar surface area (TPSA) is 49.4 Å².